The molecular formula is C19H21BrO3. The first-order chi connectivity index (χ1) is 11.2. The lowest BCUT2D eigenvalue weighted by atomic mass is 9.76. The second kappa shape index (κ2) is 7.43. The SMILES string of the molecule is O=C1C(OCCCBr)=C(C2CCCCC2)C(=O)c2ccccc21. The van der Waals surface area contributed by atoms with Crippen molar-refractivity contribution in [2.75, 3.05) is 11.9 Å². The fourth-order valence-corrected chi connectivity index (χ4v) is 3.74. The van der Waals surface area contributed by atoms with Crippen LogP contribution < -0.4 is 0 Å². The molecule has 1 aromatic carbocycles. The van der Waals surface area contributed by atoms with Crippen molar-refractivity contribution in [1.82, 2.24) is 0 Å². The lowest BCUT2D eigenvalue weighted by Gasteiger charge is -2.29. The summed E-state index contributed by atoms with van der Waals surface area (Å²) in [6.07, 6.45) is 6.20. The van der Waals surface area contributed by atoms with Crippen molar-refractivity contribution < 1.29 is 14.3 Å². The number of allylic oxidation sites excluding steroid dienone is 2. The molecule has 3 nitrogen and oxygen atoms in total. The Labute approximate surface area is 145 Å². The van der Waals surface area contributed by atoms with Gasteiger partial charge in [0, 0.05) is 22.0 Å². The Kier molecular flexibility index (Phi) is 5.31. The Balaban J connectivity index is 2.01. The van der Waals surface area contributed by atoms with Crippen molar-refractivity contribution in [3.63, 3.8) is 0 Å². The molecule has 0 N–H and O–H groups in total. The number of ether oxygens (including phenoxy) is 1. The highest BCUT2D eigenvalue weighted by molar-refractivity contribution is 9.09. The first kappa shape index (κ1) is 16.4. The molecule has 0 amide bonds. The van der Waals surface area contributed by atoms with Crippen LogP contribution in [-0.2, 0) is 4.74 Å². The number of ketones is 2. The molecule has 0 unspecified atom stereocenters. The highest BCUT2D eigenvalue weighted by Crippen LogP contribution is 2.37. The number of rotatable bonds is 5. The minimum atomic E-state index is -0.129. The average Bonchev–Trinajstić information content (AvgIpc) is 2.60. The lowest BCUT2D eigenvalue weighted by molar-refractivity contribution is 0.0856. The van der Waals surface area contributed by atoms with Gasteiger partial charge in [-0.2, -0.15) is 0 Å². The average molecular weight is 377 g/mol. The van der Waals surface area contributed by atoms with Crippen molar-refractivity contribution >= 4 is 27.5 Å². The van der Waals surface area contributed by atoms with E-state index in [0.29, 0.717) is 29.1 Å². The highest BCUT2D eigenvalue weighted by atomic mass is 79.9. The van der Waals surface area contributed by atoms with Gasteiger partial charge in [0.25, 0.3) is 0 Å². The summed E-state index contributed by atoms with van der Waals surface area (Å²) < 4.78 is 5.81. The summed E-state index contributed by atoms with van der Waals surface area (Å²) in [6, 6.07) is 7.10. The number of carbonyl (C=O) groups is 2. The molecule has 0 bridgehead atoms. The van der Waals surface area contributed by atoms with Gasteiger partial charge in [-0.3, -0.25) is 9.59 Å². The molecule has 1 aromatic rings. The molecule has 1 saturated carbocycles. The number of Topliss-reactive ketones (excluding diaryl/α,β-unsaturated/α-hetero) is 2. The second-order valence-electron chi connectivity index (χ2n) is 6.17. The molecular weight excluding hydrogens is 356 g/mol. The molecule has 0 aliphatic heterocycles. The second-order valence-corrected chi connectivity index (χ2v) is 6.97. The summed E-state index contributed by atoms with van der Waals surface area (Å²) >= 11 is 3.37. The molecule has 23 heavy (non-hydrogen) atoms. The monoisotopic (exact) mass is 376 g/mol. The molecule has 0 heterocycles. The normalized spacial score (nSPS) is 19.0. The number of fused-ring (bicyclic) bond motifs is 1. The van der Waals surface area contributed by atoms with Crippen LogP contribution in [0.1, 0.15) is 59.2 Å². The Morgan fingerprint density at radius 2 is 1.65 bits per heavy atom. The van der Waals surface area contributed by atoms with Gasteiger partial charge in [-0.15, -0.1) is 0 Å². The fraction of sp³-hybridized carbons (Fsp3) is 0.474. The van der Waals surface area contributed by atoms with Gasteiger partial charge >= 0.3 is 0 Å². The third-order valence-electron chi connectivity index (χ3n) is 4.65. The Hall–Kier alpha value is -1.42. The number of hydrogen-bond donors (Lipinski definition) is 0. The summed E-state index contributed by atoms with van der Waals surface area (Å²) in [5, 5.41) is 0.817. The van der Waals surface area contributed by atoms with Gasteiger partial charge in [0.15, 0.2) is 11.5 Å². The first-order valence-corrected chi connectivity index (χ1v) is 9.47. The number of carbonyl (C=O) groups excluding carboxylic acids is 2. The van der Waals surface area contributed by atoms with E-state index in [9.17, 15) is 9.59 Å². The number of alkyl halides is 1. The van der Waals surface area contributed by atoms with E-state index in [-0.39, 0.29) is 17.5 Å². The van der Waals surface area contributed by atoms with Gasteiger partial charge in [-0.25, -0.2) is 0 Å². The van der Waals surface area contributed by atoms with E-state index in [1.807, 2.05) is 6.07 Å². The predicted molar refractivity (Wildman–Crippen MR) is 93.1 cm³/mol. The number of hydrogen-bond acceptors (Lipinski definition) is 3. The standard InChI is InChI=1S/C19H21BrO3/c20-11-6-12-23-19-16(13-7-2-1-3-8-13)17(21)14-9-4-5-10-15(14)18(19)22/h4-5,9-10,13H,1-3,6-8,11-12H2. The summed E-state index contributed by atoms with van der Waals surface area (Å²) in [6.45, 7) is 0.456. The lowest BCUT2D eigenvalue weighted by Crippen LogP contribution is -2.28. The number of halogens is 1. The van der Waals surface area contributed by atoms with E-state index >= 15 is 0 Å². The molecule has 2 aliphatic rings. The van der Waals surface area contributed by atoms with Crippen LogP contribution in [0.2, 0.25) is 0 Å². The molecule has 0 saturated heterocycles. The zero-order valence-corrected chi connectivity index (χ0v) is 14.7. The van der Waals surface area contributed by atoms with E-state index in [1.54, 1.807) is 18.2 Å². The van der Waals surface area contributed by atoms with E-state index in [4.69, 9.17) is 4.74 Å². The topological polar surface area (TPSA) is 43.4 Å². The van der Waals surface area contributed by atoms with Crippen molar-refractivity contribution in [3.8, 4) is 0 Å². The van der Waals surface area contributed by atoms with E-state index in [2.05, 4.69) is 15.9 Å². The van der Waals surface area contributed by atoms with Crippen LogP contribution in [0.5, 0.6) is 0 Å². The minimum absolute atomic E-state index is 0.0130. The summed E-state index contributed by atoms with van der Waals surface area (Å²) in [5.41, 5.74) is 1.64. The molecule has 0 atom stereocenters. The third-order valence-corrected chi connectivity index (χ3v) is 5.21. The molecule has 0 spiro atoms. The van der Waals surface area contributed by atoms with Crippen molar-refractivity contribution in [2.24, 2.45) is 5.92 Å². The first-order valence-electron chi connectivity index (χ1n) is 8.35. The Morgan fingerprint density at radius 1 is 1.00 bits per heavy atom. The zero-order chi connectivity index (χ0) is 16.2. The van der Waals surface area contributed by atoms with Gasteiger partial charge in [-0.1, -0.05) is 59.5 Å². The maximum Gasteiger partial charge on any atom is 0.228 e. The molecule has 1 fully saturated rings. The Bertz CT molecular complexity index is 642. The summed E-state index contributed by atoms with van der Waals surface area (Å²) in [4.78, 5) is 25.9. The largest absolute Gasteiger partial charge is 0.489 e. The van der Waals surface area contributed by atoms with Crippen LogP contribution >= 0.6 is 15.9 Å². The van der Waals surface area contributed by atoms with Crippen LogP contribution in [0, 0.1) is 5.92 Å². The molecule has 3 rings (SSSR count). The minimum Gasteiger partial charge on any atom is -0.489 e. The predicted octanol–water partition coefficient (Wildman–Crippen LogP) is 4.70. The molecule has 122 valence electrons. The van der Waals surface area contributed by atoms with E-state index in [1.165, 1.54) is 6.42 Å². The molecule has 0 aromatic heterocycles. The van der Waals surface area contributed by atoms with Gasteiger partial charge in [0.05, 0.1) is 6.61 Å². The number of benzene rings is 1. The smallest absolute Gasteiger partial charge is 0.228 e. The maximum absolute atomic E-state index is 13.0. The van der Waals surface area contributed by atoms with Crippen LogP contribution in [0.4, 0.5) is 0 Å². The van der Waals surface area contributed by atoms with Crippen molar-refractivity contribution in [2.45, 2.75) is 38.5 Å². The van der Waals surface area contributed by atoms with E-state index in [0.717, 1.165) is 37.4 Å². The zero-order valence-electron chi connectivity index (χ0n) is 13.1. The fourth-order valence-electron chi connectivity index (χ4n) is 3.51. The van der Waals surface area contributed by atoms with Gasteiger partial charge in [0.1, 0.15) is 0 Å². The summed E-state index contributed by atoms with van der Waals surface area (Å²) in [7, 11) is 0. The molecule has 0 radical (unpaired) electrons. The summed E-state index contributed by atoms with van der Waals surface area (Å²) in [5.74, 6) is 0.324. The Morgan fingerprint density at radius 3 is 2.30 bits per heavy atom. The van der Waals surface area contributed by atoms with Crippen molar-refractivity contribution in [3.05, 3.63) is 46.7 Å². The van der Waals surface area contributed by atoms with Crippen LogP contribution in [0.3, 0.4) is 0 Å². The van der Waals surface area contributed by atoms with Crippen LogP contribution in [0.25, 0.3) is 0 Å². The van der Waals surface area contributed by atoms with Crippen LogP contribution in [0.15, 0.2) is 35.6 Å². The highest BCUT2D eigenvalue weighted by Gasteiger charge is 2.37. The quantitative estimate of drug-likeness (QED) is 0.552. The van der Waals surface area contributed by atoms with Crippen molar-refractivity contribution in [1.29, 1.82) is 0 Å². The van der Waals surface area contributed by atoms with E-state index < -0.39 is 0 Å². The van der Waals surface area contributed by atoms with Gasteiger partial charge in [0.2, 0.25) is 5.78 Å². The van der Waals surface area contributed by atoms with Gasteiger partial charge < -0.3 is 4.74 Å². The van der Waals surface area contributed by atoms with Gasteiger partial charge in [-0.05, 0) is 25.2 Å². The third kappa shape index (κ3) is 3.27. The molecule has 4 heteroatoms. The van der Waals surface area contributed by atoms with Crippen LogP contribution in [-0.4, -0.2) is 23.5 Å². The maximum atomic E-state index is 13.0. The molecule has 2 aliphatic carbocycles.